The molecular weight excluding hydrogens is 563 g/mol. The monoisotopic (exact) mass is 604 g/mol. The molecule has 4 rings (SSSR count). The molecule has 0 saturated carbocycles. The van der Waals surface area contributed by atoms with E-state index in [0.717, 1.165) is 0 Å². The molecular formula is C31H44Cl2SiZr. The Hall–Kier alpha value is -0.660. The number of fused-ring (bicyclic) bond motifs is 1. The summed E-state index contributed by atoms with van der Waals surface area (Å²) < 4.78 is 7.89. The normalized spacial score (nSPS) is 20.2. The predicted molar refractivity (Wildman–Crippen MR) is 161 cm³/mol. The van der Waals surface area contributed by atoms with Crippen LogP contribution in [0.4, 0.5) is 0 Å². The maximum atomic E-state index is 2.75. The van der Waals surface area contributed by atoms with Gasteiger partial charge in [0.15, 0.2) is 0 Å². The molecule has 4 heteroatoms. The van der Waals surface area contributed by atoms with Crippen molar-refractivity contribution < 1.29 is 17.4 Å². The zero-order valence-corrected chi connectivity index (χ0v) is 29.1. The molecule has 0 amide bonds. The largest absolute Gasteiger partial charge is 0.147 e. The minimum absolute atomic E-state index is 0. The van der Waals surface area contributed by atoms with Crippen LogP contribution in [0.3, 0.4) is 0 Å². The molecule has 0 nitrogen and oxygen atoms in total. The summed E-state index contributed by atoms with van der Waals surface area (Å²) in [5.74, 6) is 0.577. The first-order valence-electron chi connectivity index (χ1n) is 12.5. The molecule has 190 valence electrons. The Balaban J connectivity index is 0.00000216. The van der Waals surface area contributed by atoms with Gasteiger partial charge in [0, 0.05) is 0 Å². The number of hydrogen-bond acceptors (Lipinski definition) is 0. The van der Waals surface area contributed by atoms with E-state index in [1.54, 1.807) is 33.4 Å². The van der Waals surface area contributed by atoms with Gasteiger partial charge in [0.1, 0.15) is 0 Å². The summed E-state index contributed by atoms with van der Waals surface area (Å²) in [5.41, 5.74) is 18.4. The number of allylic oxidation sites excluding steroid dienone is 5. The summed E-state index contributed by atoms with van der Waals surface area (Å²) >= 11 is -3.49. The average molecular weight is 607 g/mol. The average Bonchev–Trinajstić information content (AvgIpc) is 3.18. The molecule has 0 bridgehead atoms. The molecule has 2 aliphatic rings. The van der Waals surface area contributed by atoms with Gasteiger partial charge in [0.2, 0.25) is 0 Å². The van der Waals surface area contributed by atoms with Crippen LogP contribution in [0.1, 0.15) is 77.2 Å². The first kappa shape index (κ1) is 30.6. The van der Waals surface area contributed by atoms with Crippen molar-refractivity contribution in [3.05, 3.63) is 94.8 Å². The summed E-state index contributed by atoms with van der Waals surface area (Å²) in [5, 5.41) is 0. The van der Waals surface area contributed by atoms with Crippen LogP contribution in [0.25, 0.3) is 5.57 Å². The number of rotatable bonds is 3. The van der Waals surface area contributed by atoms with E-state index >= 15 is 0 Å². The van der Waals surface area contributed by atoms with Crippen LogP contribution in [-0.4, -0.2) is 6.88 Å². The van der Waals surface area contributed by atoms with E-state index in [1.165, 1.54) is 33.4 Å². The molecule has 0 heterocycles. The van der Waals surface area contributed by atoms with Crippen molar-refractivity contribution in [3.63, 3.8) is 0 Å². The van der Waals surface area contributed by atoms with Gasteiger partial charge in [-0.05, 0) is 0 Å². The van der Waals surface area contributed by atoms with Gasteiger partial charge in [-0.1, -0.05) is 0 Å². The molecule has 0 radical (unpaired) electrons. The van der Waals surface area contributed by atoms with Crippen molar-refractivity contribution in [1.29, 1.82) is 0 Å². The Labute approximate surface area is 229 Å². The number of hydrogen-bond donors (Lipinski definition) is 0. The van der Waals surface area contributed by atoms with Crippen LogP contribution < -0.4 is 0 Å². The zero-order valence-electron chi connectivity index (χ0n) is 23.6. The topological polar surface area (TPSA) is 0 Å². The van der Waals surface area contributed by atoms with E-state index < -0.39 is 17.4 Å². The van der Waals surface area contributed by atoms with Crippen LogP contribution in [0.2, 0.25) is 9.26 Å². The van der Waals surface area contributed by atoms with E-state index in [4.69, 9.17) is 0 Å². The van der Waals surface area contributed by atoms with Crippen LogP contribution in [-0.2, 0) is 17.4 Å². The van der Waals surface area contributed by atoms with E-state index in [1.807, 2.05) is 3.28 Å². The van der Waals surface area contributed by atoms with Crippen LogP contribution in [0.15, 0.2) is 55.9 Å². The van der Waals surface area contributed by atoms with Gasteiger partial charge in [-0.15, -0.1) is 24.8 Å². The quantitative estimate of drug-likeness (QED) is 0.306. The van der Waals surface area contributed by atoms with Crippen LogP contribution >= 0.6 is 24.8 Å². The van der Waals surface area contributed by atoms with Crippen molar-refractivity contribution in [2.24, 2.45) is 5.92 Å². The van der Waals surface area contributed by atoms with Gasteiger partial charge in [-0.3, -0.25) is 0 Å². The maximum absolute atomic E-state index is 3.49. The first-order valence-corrected chi connectivity index (χ1v) is 26.0. The van der Waals surface area contributed by atoms with E-state index in [-0.39, 0.29) is 24.8 Å². The van der Waals surface area contributed by atoms with E-state index in [2.05, 4.69) is 109 Å². The van der Waals surface area contributed by atoms with Gasteiger partial charge in [-0.25, -0.2) is 0 Å². The molecule has 0 aliphatic heterocycles. The van der Waals surface area contributed by atoms with Crippen molar-refractivity contribution >= 4 is 37.3 Å². The van der Waals surface area contributed by atoms with Gasteiger partial charge < -0.3 is 0 Å². The molecule has 0 fully saturated rings. The van der Waals surface area contributed by atoms with Crippen LogP contribution in [0.5, 0.6) is 0 Å². The third-order valence-corrected chi connectivity index (χ3v) is 26.9. The maximum Gasteiger partial charge on any atom is -0.147 e. The zero-order chi connectivity index (χ0) is 24.6. The van der Waals surface area contributed by atoms with E-state index in [9.17, 15) is 0 Å². The van der Waals surface area contributed by atoms with Gasteiger partial charge in [0.25, 0.3) is 0 Å². The van der Waals surface area contributed by atoms with E-state index in [0.29, 0.717) is 9.54 Å². The summed E-state index contributed by atoms with van der Waals surface area (Å²) in [6.45, 7) is 24.0. The van der Waals surface area contributed by atoms with Crippen molar-refractivity contribution in [2.75, 3.05) is 0 Å². The van der Waals surface area contributed by atoms with Crippen molar-refractivity contribution in [1.82, 2.24) is 0 Å². The van der Waals surface area contributed by atoms with Crippen molar-refractivity contribution in [3.8, 4) is 0 Å². The third kappa shape index (κ3) is 4.29. The molecule has 2 aliphatic carbocycles. The minimum Gasteiger partial charge on any atom is -0.147 e. The molecule has 35 heavy (non-hydrogen) atoms. The smallest absolute Gasteiger partial charge is 0.147 e. The molecule has 2 aromatic rings. The molecule has 0 N–H and O–H groups in total. The fourth-order valence-electron chi connectivity index (χ4n) is 7.56. The van der Waals surface area contributed by atoms with Gasteiger partial charge in [0.05, 0.1) is 0 Å². The first-order chi connectivity index (χ1) is 15.2. The minimum atomic E-state index is -3.49. The van der Waals surface area contributed by atoms with Gasteiger partial charge >= 0.3 is 206 Å². The fourth-order valence-corrected chi connectivity index (χ4v) is 29.2. The second kappa shape index (κ2) is 9.90. The summed E-state index contributed by atoms with van der Waals surface area (Å²) in [6, 6.07) is 11.2. The predicted octanol–water partition coefficient (Wildman–Crippen LogP) is 9.23. The summed E-state index contributed by atoms with van der Waals surface area (Å²) in [4.78, 5) is 0. The molecule has 0 aromatic heterocycles. The Morgan fingerprint density at radius 2 is 1.20 bits per heavy atom. The fraction of sp³-hybridized carbons (Fsp3) is 0.419. The van der Waals surface area contributed by atoms with Crippen molar-refractivity contribution in [2.45, 2.75) is 75.2 Å². The molecule has 0 saturated heterocycles. The summed E-state index contributed by atoms with van der Waals surface area (Å²) in [6.07, 6.45) is 0. The second-order valence-corrected chi connectivity index (χ2v) is 41.5. The second-order valence-electron chi connectivity index (χ2n) is 12.0. The SMILES string of the molecule is CC1=C(C)C(C)[C]([Zr]([CH3])([CH3])(=[SiH2])[CH]2C(C)=C(c3ccccc3)c3c(C)c(C)c(C)c(C)c32)=C1C.Cl.Cl. The Kier molecular flexibility index (Phi) is 8.65. The molecule has 2 aromatic carbocycles. The Morgan fingerprint density at radius 1 is 0.686 bits per heavy atom. The summed E-state index contributed by atoms with van der Waals surface area (Å²) in [7, 11) is 0. The third-order valence-electron chi connectivity index (χ3n) is 9.62. The molecule has 0 spiro atoms. The Morgan fingerprint density at radius 3 is 1.69 bits per heavy atom. The van der Waals surface area contributed by atoms with Crippen LogP contribution in [0, 0.1) is 33.6 Å². The number of benzene rings is 2. The standard InChI is InChI=1S/C20H21.C9H13.2CH3.2ClH.H2Si.Zr/c1-12-11-18-15(4)13(2)14(3)16(5)20(18)19(12)17-9-7-6-8-10-17;1-6-5-7(2)9(4)8(6)3;;;;;;/h6-11H,1-5H3;6H,1-4H3;2*1H3;2*1H;1H2;. The Bertz CT molecular complexity index is 1370. The molecule has 2 unspecified atom stereocenters. The van der Waals surface area contributed by atoms with Gasteiger partial charge in [-0.2, -0.15) is 0 Å². The molecule has 2 atom stereocenters. The number of halogens is 2.